The van der Waals surface area contributed by atoms with Crippen LogP contribution in [-0.4, -0.2) is 0 Å². The highest BCUT2D eigenvalue weighted by molar-refractivity contribution is 5.77. The van der Waals surface area contributed by atoms with Crippen molar-refractivity contribution in [3.8, 4) is 0 Å². The molecule has 0 aliphatic carbocycles. The second-order valence-electron chi connectivity index (χ2n) is 4.13. The monoisotopic (exact) mass is 273 g/mol. The van der Waals surface area contributed by atoms with E-state index < -0.39 is 11.7 Å². The van der Waals surface area contributed by atoms with Gasteiger partial charge in [0.25, 0.3) is 0 Å². The van der Waals surface area contributed by atoms with E-state index in [9.17, 15) is 13.2 Å². The maximum absolute atomic E-state index is 12.6. The zero-order valence-corrected chi connectivity index (χ0v) is 10.4. The Hall–Kier alpha value is -2.54. The zero-order chi connectivity index (χ0) is 14.6. The molecule has 2 aromatic carbocycles. The third-order valence-electron chi connectivity index (χ3n) is 2.73. The van der Waals surface area contributed by atoms with Gasteiger partial charge in [-0.1, -0.05) is 48.6 Å². The number of alkyl halides is 3. The second kappa shape index (κ2) is 5.62. The first kappa shape index (κ1) is 13.9. The van der Waals surface area contributed by atoms with E-state index in [4.69, 9.17) is 6.57 Å². The minimum atomic E-state index is -4.35. The Morgan fingerprint density at radius 2 is 1.70 bits per heavy atom. The molecule has 0 aliphatic heterocycles. The van der Waals surface area contributed by atoms with Gasteiger partial charge in [-0.2, -0.15) is 13.2 Å². The third kappa shape index (κ3) is 3.27. The molecule has 0 bridgehead atoms. The Bertz CT molecular complexity index is 679. The van der Waals surface area contributed by atoms with E-state index in [2.05, 4.69) is 4.85 Å². The van der Waals surface area contributed by atoms with Crippen molar-refractivity contribution in [3.05, 3.63) is 76.6 Å². The first-order valence-corrected chi connectivity index (χ1v) is 5.82. The summed E-state index contributed by atoms with van der Waals surface area (Å²) in [4.78, 5) is 3.36. The molecule has 100 valence electrons. The minimum absolute atomic E-state index is 0.444. The molecule has 20 heavy (non-hydrogen) atoms. The molecule has 0 amide bonds. The molecule has 0 heterocycles. The zero-order valence-electron chi connectivity index (χ0n) is 10.4. The highest BCUT2D eigenvalue weighted by atomic mass is 19.4. The van der Waals surface area contributed by atoms with E-state index >= 15 is 0 Å². The topological polar surface area (TPSA) is 4.36 Å². The fraction of sp³-hybridized carbons (Fsp3) is 0.0625. The molecule has 0 saturated carbocycles. The summed E-state index contributed by atoms with van der Waals surface area (Å²) in [6.45, 7) is 7.03. The number of hydrogen-bond acceptors (Lipinski definition) is 0. The largest absolute Gasteiger partial charge is 0.416 e. The number of rotatable bonds is 2. The first-order valence-electron chi connectivity index (χ1n) is 5.82. The number of nitrogens with zero attached hydrogens (tertiary/aromatic N) is 1. The summed E-state index contributed by atoms with van der Waals surface area (Å²) in [5.74, 6) is 0. The molecule has 4 heteroatoms. The van der Waals surface area contributed by atoms with Crippen LogP contribution in [0.15, 0.2) is 48.5 Å². The molecular weight excluding hydrogens is 263 g/mol. The van der Waals surface area contributed by atoms with Crippen LogP contribution in [-0.2, 0) is 6.18 Å². The summed E-state index contributed by atoms with van der Waals surface area (Å²) in [5, 5.41) is 0. The lowest BCUT2D eigenvalue weighted by Gasteiger charge is -2.06. The van der Waals surface area contributed by atoms with Gasteiger partial charge in [0.1, 0.15) is 0 Å². The van der Waals surface area contributed by atoms with Crippen molar-refractivity contribution < 1.29 is 13.2 Å². The Morgan fingerprint density at radius 3 is 2.40 bits per heavy atom. The van der Waals surface area contributed by atoms with Gasteiger partial charge in [-0.3, -0.25) is 0 Å². The number of para-hydroxylation sites is 1. The van der Waals surface area contributed by atoms with Crippen LogP contribution < -0.4 is 0 Å². The maximum atomic E-state index is 12.6. The molecule has 0 aliphatic rings. The van der Waals surface area contributed by atoms with Crippen LogP contribution in [0.2, 0.25) is 0 Å². The van der Waals surface area contributed by atoms with Crippen molar-refractivity contribution in [3.63, 3.8) is 0 Å². The van der Waals surface area contributed by atoms with E-state index in [1.165, 1.54) is 6.07 Å². The second-order valence-corrected chi connectivity index (χ2v) is 4.13. The number of hydrogen-bond donors (Lipinski definition) is 0. The van der Waals surface area contributed by atoms with Crippen LogP contribution >= 0.6 is 0 Å². The van der Waals surface area contributed by atoms with E-state index in [1.807, 2.05) is 0 Å². The first-order chi connectivity index (χ1) is 9.50. The van der Waals surface area contributed by atoms with Gasteiger partial charge >= 0.3 is 6.18 Å². The minimum Gasteiger partial charge on any atom is -0.238 e. The third-order valence-corrected chi connectivity index (χ3v) is 2.73. The van der Waals surface area contributed by atoms with E-state index in [0.29, 0.717) is 16.8 Å². The summed E-state index contributed by atoms with van der Waals surface area (Å²) in [7, 11) is 0. The summed E-state index contributed by atoms with van der Waals surface area (Å²) in [6.07, 6.45) is -1.14. The highest BCUT2D eigenvalue weighted by Crippen LogP contribution is 2.30. The molecular formula is C16H10F3N. The van der Waals surface area contributed by atoms with Crippen molar-refractivity contribution in [2.24, 2.45) is 0 Å². The summed E-state index contributed by atoms with van der Waals surface area (Å²) in [6, 6.07) is 12.0. The smallest absolute Gasteiger partial charge is 0.238 e. The lowest BCUT2D eigenvalue weighted by molar-refractivity contribution is -0.137. The van der Waals surface area contributed by atoms with Crippen molar-refractivity contribution >= 4 is 17.8 Å². The van der Waals surface area contributed by atoms with Gasteiger partial charge in [-0.05, 0) is 23.3 Å². The molecule has 0 atom stereocenters. The highest BCUT2D eigenvalue weighted by Gasteiger charge is 2.30. The quantitative estimate of drug-likeness (QED) is 0.508. The van der Waals surface area contributed by atoms with Crippen molar-refractivity contribution in [2.75, 3.05) is 0 Å². The Morgan fingerprint density at radius 1 is 0.950 bits per heavy atom. The molecule has 2 rings (SSSR count). The lowest BCUT2D eigenvalue weighted by atomic mass is 10.1. The Kier molecular flexibility index (Phi) is 3.90. The van der Waals surface area contributed by atoms with Crippen LogP contribution in [0.25, 0.3) is 17.0 Å². The molecule has 0 aromatic heterocycles. The van der Waals surface area contributed by atoms with Crippen LogP contribution in [0, 0.1) is 6.57 Å². The fourth-order valence-corrected chi connectivity index (χ4v) is 1.73. The Balaban J connectivity index is 2.31. The van der Waals surface area contributed by atoms with Crippen LogP contribution in [0.3, 0.4) is 0 Å². The molecule has 0 saturated heterocycles. The van der Waals surface area contributed by atoms with Crippen molar-refractivity contribution in [1.82, 2.24) is 0 Å². The average Bonchev–Trinajstić information content (AvgIpc) is 2.45. The van der Waals surface area contributed by atoms with Crippen LogP contribution in [0.5, 0.6) is 0 Å². The van der Waals surface area contributed by atoms with Crippen LogP contribution in [0.4, 0.5) is 18.9 Å². The average molecular weight is 273 g/mol. The SMILES string of the molecule is [C-]#[N+]c1ccccc1/C=C/c1cccc(C(F)(F)F)c1. The van der Waals surface area contributed by atoms with Crippen molar-refractivity contribution in [1.29, 1.82) is 0 Å². The lowest BCUT2D eigenvalue weighted by Crippen LogP contribution is -2.04. The normalized spacial score (nSPS) is 11.5. The van der Waals surface area contributed by atoms with Crippen molar-refractivity contribution in [2.45, 2.75) is 6.18 Å². The summed E-state index contributed by atoms with van der Waals surface area (Å²) >= 11 is 0. The fourth-order valence-electron chi connectivity index (χ4n) is 1.73. The van der Waals surface area contributed by atoms with E-state index in [0.717, 1.165) is 12.1 Å². The molecule has 2 aromatic rings. The molecule has 0 radical (unpaired) electrons. The van der Waals surface area contributed by atoms with Gasteiger partial charge in [0.15, 0.2) is 5.69 Å². The van der Waals surface area contributed by atoms with E-state index in [-0.39, 0.29) is 0 Å². The molecule has 0 spiro atoms. The van der Waals surface area contributed by atoms with Gasteiger partial charge < -0.3 is 0 Å². The van der Waals surface area contributed by atoms with E-state index in [1.54, 1.807) is 42.5 Å². The maximum Gasteiger partial charge on any atom is 0.416 e. The van der Waals surface area contributed by atoms with Gasteiger partial charge in [-0.15, -0.1) is 0 Å². The number of benzene rings is 2. The molecule has 0 N–H and O–H groups in total. The summed E-state index contributed by atoms with van der Waals surface area (Å²) in [5.41, 5.74) is 0.911. The molecule has 0 unspecified atom stereocenters. The Labute approximate surface area is 114 Å². The van der Waals surface area contributed by atoms with Gasteiger partial charge in [-0.25, -0.2) is 4.85 Å². The number of halogens is 3. The predicted molar refractivity (Wildman–Crippen MR) is 73.1 cm³/mol. The molecule has 0 fully saturated rings. The predicted octanol–water partition coefficient (Wildman–Crippen LogP) is 5.43. The van der Waals surface area contributed by atoms with Gasteiger partial charge in [0.05, 0.1) is 12.1 Å². The van der Waals surface area contributed by atoms with Crippen LogP contribution in [0.1, 0.15) is 16.7 Å². The van der Waals surface area contributed by atoms with Gasteiger partial charge in [0, 0.05) is 0 Å². The summed E-state index contributed by atoms with van der Waals surface area (Å²) < 4.78 is 37.8. The molecule has 1 nitrogen and oxygen atoms in total. The standard InChI is InChI=1S/C16H10F3N/c1-20-15-8-3-2-6-13(15)10-9-12-5-4-7-14(11-12)16(17,18)19/h2-11H/b10-9+. The van der Waals surface area contributed by atoms with Gasteiger partial charge in [0.2, 0.25) is 0 Å².